The van der Waals surface area contributed by atoms with Gasteiger partial charge in [0.25, 0.3) is 0 Å². The zero-order chi connectivity index (χ0) is 20.3. The van der Waals surface area contributed by atoms with E-state index in [1.54, 1.807) is 9.36 Å². The molecule has 0 aliphatic carbocycles. The Bertz CT molecular complexity index is 1140. The van der Waals surface area contributed by atoms with Gasteiger partial charge < -0.3 is 9.84 Å². The third kappa shape index (κ3) is 3.54. The molecule has 2 aromatic heterocycles. The summed E-state index contributed by atoms with van der Waals surface area (Å²) in [6.07, 6.45) is 6.67. The number of para-hydroxylation sites is 1. The number of hydrogen-bond donors (Lipinski definition) is 1. The molecule has 0 bridgehead atoms. The van der Waals surface area contributed by atoms with Gasteiger partial charge in [-0.25, -0.2) is 9.36 Å². The molecule has 30 heavy (non-hydrogen) atoms. The van der Waals surface area contributed by atoms with E-state index in [1.165, 1.54) is 0 Å². The highest BCUT2D eigenvalue weighted by Crippen LogP contribution is 2.35. The van der Waals surface area contributed by atoms with Gasteiger partial charge in [0.05, 0.1) is 30.8 Å². The van der Waals surface area contributed by atoms with Gasteiger partial charge in [-0.1, -0.05) is 71.1 Å². The minimum Gasteiger partial charge on any atom is -0.393 e. The summed E-state index contributed by atoms with van der Waals surface area (Å²) >= 11 is 0. The van der Waals surface area contributed by atoms with Crippen LogP contribution in [-0.2, 0) is 4.74 Å². The average Bonchev–Trinajstić information content (AvgIpc) is 3.50. The summed E-state index contributed by atoms with van der Waals surface area (Å²) in [5, 5.41) is 26.8. The van der Waals surface area contributed by atoms with Crippen LogP contribution in [0.15, 0.2) is 85.2 Å². The molecule has 0 saturated carbocycles. The molecule has 4 aromatic rings. The molecule has 8 nitrogen and oxygen atoms in total. The molecule has 0 radical (unpaired) electrons. The van der Waals surface area contributed by atoms with E-state index in [4.69, 9.17) is 4.74 Å². The Morgan fingerprint density at radius 3 is 2.40 bits per heavy atom. The standard InChI is InChI=1S/C22H20N6O2/c29-15-18-11-12-21(28-13-19(23-26-28)16-7-3-1-4-8-16)22(30-18)20-14-27(25-24-20)17-9-5-2-6-10-17/h1-14,18,21-22,29H,15H2/t18-,21+,22+/m0/s1. The molecular formula is C22H20N6O2. The SMILES string of the molecule is OC[C@@H]1C=C[C@@H](n2cc(-c3ccccc3)nn2)[C@@H](c2cn(-c3ccccc3)nn2)O1. The second kappa shape index (κ2) is 8.02. The van der Waals surface area contributed by atoms with Gasteiger partial charge in [0, 0.05) is 5.56 Å². The first-order valence-corrected chi connectivity index (χ1v) is 9.71. The van der Waals surface area contributed by atoms with Crippen molar-refractivity contribution in [1.29, 1.82) is 0 Å². The normalized spacial score (nSPS) is 21.0. The summed E-state index contributed by atoms with van der Waals surface area (Å²) in [7, 11) is 0. The van der Waals surface area contributed by atoms with Crippen LogP contribution in [0.4, 0.5) is 0 Å². The topological polar surface area (TPSA) is 90.9 Å². The lowest BCUT2D eigenvalue weighted by Gasteiger charge is -2.30. The Labute approximate surface area is 173 Å². The van der Waals surface area contributed by atoms with Crippen LogP contribution in [0.2, 0.25) is 0 Å². The molecule has 8 heteroatoms. The lowest BCUT2D eigenvalue weighted by Crippen LogP contribution is -2.30. The van der Waals surface area contributed by atoms with E-state index in [1.807, 2.05) is 85.2 Å². The molecule has 1 aliphatic heterocycles. The van der Waals surface area contributed by atoms with Crippen molar-refractivity contribution in [3.63, 3.8) is 0 Å². The van der Waals surface area contributed by atoms with Crippen LogP contribution >= 0.6 is 0 Å². The van der Waals surface area contributed by atoms with Crippen molar-refractivity contribution in [2.24, 2.45) is 0 Å². The minimum atomic E-state index is -0.463. The molecule has 0 amide bonds. The smallest absolute Gasteiger partial charge is 0.130 e. The fourth-order valence-electron chi connectivity index (χ4n) is 3.51. The zero-order valence-corrected chi connectivity index (χ0v) is 16.1. The van der Waals surface area contributed by atoms with Crippen LogP contribution < -0.4 is 0 Å². The summed E-state index contributed by atoms with van der Waals surface area (Å²) in [5.41, 5.74) is 3.33. The van der Waals surface area contributed by atoms with Gasteiger partial charge in [-0.15, -0.1) is 10.2 Å². The number of ether oxygens (including phenoxy) is 1. The molecule has 3 atom stereocenters. The summed E-state index contributed by atoms with van der Waals surface area (Å²) in [6, 6.07) is 19.4. The van der Waals surface area contributed by atoms with Crippen molar-refractivity contribution >= 4 is 0 Å². The Hall–Kier alpha value is -3.62. The highest BCUT2D eigenvalue weighted by molar-refractivity contribution is 5.57. The highest BCUT2D eigenvalue weighted by atomic mass is 16.5. The van der Waals surface area contributed by atoms with E-state index < -0.39 is 12.2 Å². The van der Waals surface area contributed by atoms with Crippen LogP contribution in [0.25, 0.3) is 16.9 Å². The molecule has 1 aliphatic rings. The van der Waals surface area contributed by atoms with Crippen LogP contribution in [0, 0.1) is 0 Å². The molecule has 5 rings (SSSR count). The van der Waals surface area contributed by atoms with E-state index in [0.29, 0.717) is 5.69 Å². The van der Waals surface area contributed by atoms with Gasteiger partial charge in [-0.05, 0) is 12.1 Å². The third-order valence-electron chi connectivity index (χ3n) is 5.04. The van der Waals surface area contributed by atoms with Gasteiger partial charge in [0.1, 0.15) is 23.5 Å². The monoisotopic (exact) mass is 400 g/mol. The second-order valence-corrected chi connectivity index (χ2v) is 7.03. The number of aliphatic hydroxyl groups excluding tert-OH is 1. The van der Waals surface area contributed by atoms with Gasteiger partial charge in [-0.2, -0.15) is 0 Å². The molecule has 0 unspecified atom stereocenters. The number of hydrogen-bond acceptors (Lipinski definition) is 6. The average molecular weight is 400 g/mol. The van der Waals surface area contributed by atoms with Crippen molar-refractivity contribution < 1.29 is 9.84 Å². The summed E-state index contributed by atoms with van der Waals surface area (Å²) in [5.74, 6) is 0. The molecule has 3 heterocycles. The van der Waals surface area contributed by atoms with Crippen LogP contribution in [0.5, 0.6) is 0 Å². The highest BCUT2D eigenvalue weighted by Gasteiger charge is 2.33. The molecular weight excluding hydrogens is 380 g/mol. The predicted octanol–water partition coefficient (Wildman–Crippen LogP) is 2.76. The van der Waals surface area contributed by atoms with Crippen molar-refractivity contribution in [3.8, 4) is 16.9 Å². The van der Waals surface area contributed by atoms with E-state index in [9.17, 15) is 5.11 Å². The van der Waals surface area contributed by atoms with Gasteiger partial charge in [0.15, 0.2) is 0 Å². The Balaban J connectivity index is 1.48. The molecule has 150 valence electrons. The quantitative estimate of drug-likeness (QED) is 0.518. The predicted molar refractivity (Wildman–Crippen MR) is 110 cm³/mol. The number of nitrogens with zero attached hydrogens (tertiary/aromatic N) is 6. The minimum absolute atomic E-state index is 0.112. The molecule has 1 N–H and O–H groups in total. The first kappa shape index (κ1) is 18.4. The van der Waals surface area contributed by atoms with Gasteiger partial charge in [0.2, 0.25) is 0 Å². The Kier molecular flexibility index (Phi) is 4.92. The second-order valence-electron chi connectivity index (χ2n) is 7.03. The number of aliphatic hydroxyl groups is 1. The number of aromatic nitrogens is 6. The molecule has 0 fully saturated rings. The van der Waals surface area contributed by atoms with Crippen molar-refractivity contribution in [3.05, 3.63) is 90.9 Å². The third-order valence-corrected chi connectivity index (χ3v) is 5.04. The Morgan fingerprint density at radius 2 is 1.63 bits per heavy atom. The molecule has 2 aromatic carbocycles. The number of rotatable bonds is 5. The molecule has 0 saturated heterocycles. The maximum Gasteiger partial charge on any atom is 0.130 e. The van der Waals surface area contributed by atoms with E-state index in [2.05, 4.69) is 20.6 Å². The van der Waals surface area contributed by atoms with Crippen LogP contribution in [0.1, 0.15) is 17.8 Å². The maximum absolute atomic E-state index is 9.60. The lowest BCUT2D eigenvalue weighted by molar-refractivity contribution is -0.0463. The van der Waals surface area contributed by atoms with Gasteiger partial charge >= 0.3 is 0 Å². The maximum atomic E-state index is 9.60. The number of benzene rings is 2. The lowest BCUT2D eigenvalue weighted by atomic mass is 10.0. The summed E-state index contributed by atoms with van der Waals surface area (Å²) in [6.45, 7) is -0.112. The van der Waals surface area contributed by atoms with Crippen LogP contribution in [-0.4, -0.2) is 47.8 Å². The van der Waals surface area contributed by atoms with E-state index in [-0.39, 0.29) is 12.6 Å². The fourth-order valence-corrected chi connectivity index (χ4v) is 3.51. The van der Waals surface area contributed by atoms with Crippen molar-refractivity contribution in [1.82, 2.24) is 30.0 Å². The fraction of sp³-hybridized carbons (Fsp3) is 0.182. The summed E-state index contributed by atoms with van der Waals surface area (Å²) < 4.78 is 9.58. The molecule has 0 spiro atoms. The van der Waals surface area contributed by atoms with E-state index >= 15 is 0 Å². The van der Waals surface area contributed by atoms with Crippen LogP contribution in [0.3, 0.4) is 0 Å². The Morgan fingerprint density at radius 1 is 0.867 bits per heavy atom. The first-order chi connectivity index (χ1) is 14.8. The summed E-state index contributed by atoms with van der Waals surface area (Å²) in [4.78, 5) is 0. The van der Waals surface area contributed by atoms with E-state index in [0.717, 1.165) is 16.9 Å². The largest absolute Gasteiger partial charge is 0.393 e. The van der Waals surface area contributed by atoms with Crippen molar-refractivity contribution in [2.75, 3.05) is 6.61 Å². The zero-order valence-electron chi connectivity index (χ0n) is 16.1. The van der Waals surface area contributed by atoms with Gasteiger partial charge in [-0.3, -0.25) is 0 Å². The van der Waals surface area contributed by atoms with Crippen molar-refractivity contribution in [2.45, 2.75) is 18.2 Å². The first-order valence-electron chi connectivity index (χ1n) is 9.71.